The average Bonchev–Trinajstić information content (AvgIpc) is 3.32. The second kappa shape index (κ2) is 7.76. The van der Waals surface area contributed by atoms with Crippen LogP contribution in [-0.4, -0.2) is 17.4 Å². The van der Waals surface area contributed by atoms with E-state index < -0.39 is 0 Å². The largest absolute Gasteiger partial charge is 0.468 e. The fourth-order valence-electron chi connectivity index (χ4n) is 2.63. The number of carbonyl (C=O) groups is 1. The molecule has 3 aromatic rings. The molecule has 0 saturated heterocycles. The van der Waals surface area contributed by atoms with Crippen molar-refractivity contribution in [1.29, 1.82) is 5.26 Å². The molecule has 0 radical (unpaired) electrons. The SMILES string of the molecule is Cc1oc(NC(=O)CN(Cc2ccco2)Cc2ccco2)c(C#N)c1C. The summed E-state index contributed by atoms with van der Waals surface area (Å²) in [5.41, 5.74) is 1.07. The maximum atomic E-state index is 12.5. The predicted molar refractivity (Wildman–Crippen MR) is 93.1 cm³/mol. The molecule has 0 aliphatic heterocycles. The minimum absolute atomic E-state index is 0.0884. The molecule has 1 amide bonds. The number of hydrogen-bond acceptors (Lipinski definition) is 6. The van der Waals surface area contributed by atoms with E-state index in [9.17, 15) is 10.1 Å². The lowest BCUT2D eigenvalue weighted by atomic mass is 10.2. The van der Waals surface area contributed by atoms with Crippen LogP contribution < -0.4 is 5.32 Å². The van der Waals surface area contributed by atoms with Crippen molar-refractivity contribution in [2.24, 2.45) is 0 Å². The third-order valence-electron chi connectivity index (χ3n) is 4.04. The number of carbonyl (C=O) groups excluding carboxylic acids is 1. The summed E-state index contributed by atoms with van der Waals surface area (Å²) in [5.74, 6) is 2.00. The van der Waals surface area contributed by atoms with Gasteiger partial charge in [0, 0.05) is 5.56 Å². The minimum atomic E-state index is -0.284. The number of aryl methyl sites for hydroxylation is 1. The highest BCUT2D eigenvalue weighted by molar-refractivity contribution is 5.92. The second-order valence-corrected chi connectivity index (χ2v) is 5.95. The van der Waals surface area contributed by atoms with Crippen LogP contribution in [-0.2, 0) is 17.9 Å². The van der Waals surface area contributed by atoms with Gasteiger partial charge in [-0.3, -0.25) is 15.0 Å². The Bertz CT molecular complexity index is 865. The van der Waals surface area contributed by atoms with Gasteiger partial charge in [-0.25, -0.2) is 0 Å². The Morgan fingerprint density at radius 3 is 2.27 bits per heavy atom. The zero-order valence-corrected chi connectivity index (χ0v) is 14.6. The van der Waals surface area contributed by atoms with Crippen molar-refractivity contribution in [1.82, 2.24) is 4.90 Å². The van der Waals surface area contributed by atoms with Crippen LogP contribution >= 0.6 is 0 Å². The summed E-state index contributed by atoms with van der Waals surface area (Å²) in [4.78, 5) is 14.4. The average molecular weight is 353 g/mol. The lowest BCUT2D eigenvalue weighted by molar-refractivity contribution is -0.117. The Labute approximate surface area is 150 Å². The molecule has 0 aromatic carbocycles. The highest BCUT2D eigenvalue weighted by atomic mass is 16.4. The molecule has 7 nitrogen and oxygen atoms in total. The molecule has 0 fully saturated rings. The third kappa shape index (κ3) is 4.05. The monoisotopic (exact) mass is 353 g/mol. The molecule has 0 unspecified atom stereocenters. The van der Waals surface area contributed by atoms with Crippen LogP contribution in [0.3, 0.4) is 0 Å². The Balaban J connectivity index is 1.70. The van der Waals surface area contributed by atoms with Crippen molar-refractivity contribution in [2.45, 2.75) is 26.9 Å². The number of nitriles is 1. The van der Waals surface area contributed by atoms with Crippen molar-refractivity contribution in [3.63, 3.8) is 0 Å². The van der Waals surface area contributed by atoms with Crippen molar-refractivity contribution in [2.75, 3.05) is 11.9 Å². The quantitative estimate of drug-likeness (QED) is 0.697. The number of amides is 1. The van der Waals surface area contributed by atoms with E-state index in [1.165, 1.54) is 0 Å². The summed E-state index contributed by atoms with van der Waals surface area (Å²) in [5, 5.41) is 11.9. The van der Waals surface area contributed by atoms with E-state index in [1.54, 1.807) is 38.5 Å². The van der Waals surface area contributed by atoms with E-state index in [-0.39, 0.29) is 18.3 Å². The molecule has 1 N–H and O–H groups in total. The Morgan fingerprint density at radius 1 is 1.15 bits per heavy atom. The fourth-order valence-corrected chi connectivity index (χ4v) is 2.63. The summed E-state index contributed by atoms with van der Waals surface area (Å²) < 4.78 is 16.2. The van der Waals surface area contributed by atoms with E-state index >= 15 is 0 Å². The zero-order valence-electron chi connectivity index (χ0n) is 14.6. The molecule has 3 heterocycles. The summed E-state index contributed by atoms with van der Waals surface area (Å²) in [7, 11) is 0. The first kappa shape index (κ1) is 17.6. The Kier molecular flexibility index (Phi) is 5.25. The molecule has 0 spiro atoms. The molecule has 7 heteroatoms. The molecule has 134 valence electrons. The Hall–Kier alpha value is -3.24. The smallest absolute Gasteiger partial charge is 0.240 e. The van der Waals surface area contributed by atoms with Gasteiger partial charge in [-0.15, -0.1) is 0 Å². The first-order valence-corrected chi connectivity index (χ1v) is 8.14. The maximum Gasteiger partial charge on any atom is 0.240 e. The first-order chi connectivity index (χ1) is 12.6. The summed E-state index contributed by atoms with van der Waals surface area (Å²) in [6.07, 6.45) is 3.18. The van der Waals surface area contributed by atoms with Gasteiger partial charge in [-0.1, -0.05) is 0 Å². The van der Waals surface area contributed by atoms with Gasteiger partial charge in [0.15, 0.2) is 0 Å². The van der Waals surface area contributed by atoms with Gasteiger partial charge in [-0.05, 0) is 38.1 Å². The summed E-state index contributed by atoms with van der Waals surface area (Å²) >= 11 is 0. The number of hydrogen-bond donors (Lipinski definition) is 1. The molecule has 0 aliphatic rings. The molecule has 0 saturated carbocycles. The van der Waals surface area contributed by atoms with Gasteiger partial charge >= 0.3 is 0 Å². The van der Waals surface area contributed by atoms with Gasteiger partial charge in [0.2, 0.25) is 11.8 Å². The maximum absolute atomic E-state index is 12.5. The van der Waals surface area contributed by atoms with Gasteiger partial charge in [0.05, 0.1) is 32.2 Å². The fraction of sp³-hybridized carbons (Fsp3) is 0.263. The van der Waals surface area contributed by atoms with Gasteiger partial charge in [-0.2, -0.15) is 5.26 Å². The molecule has 0 aliphatic carbocycles. The van der Waals surface area contributed by atoms with Crippen LogP contribution in [0, 0.1) is 25.2 Å². The summed E-state index contributed by atoms with van der Waals surface area (Å²) in [6, 6.07) is 9.36. The van der Waals surface area contributed by atoms with E-state index in [1.807, 2.05) is 17.0 Å². The molecule has 26 heavy (non-hydrogen) atoms. The molecule has 3 rings (SSSR count). The number of nitrogens with one attached hydrogen (secondary N) is 1. The van der Waals surface area contributed by atoms with Crippen LogP contribution in [0.5, 0.6) is 0 Å². The van der Waals surface area contributed by atoms with Gasteiger partial charge in [0.25, 0.3) is 0 Å². The predicted octanol–water partition coefficient (Wildman–Crippen LogP) is 3.60. The molecular weight excluding hydrogens is 334 g/mol. The highest BCUT2D eigenvalue weighted by Crippen LogP contribution is 2.25. The van der Waals surface area contributed by atoms with Crippen LogP contribution in [0.15, 0.2) is 50.0 Å². The van der Waals surface area contributed by atoms with Crippen LogP contribution in [0.4, 0.5) is 5.88 Å². The number of anilines is 1. The molecular formula is C19H19N3O4. The molecule has 0 bridgehead atoms. The standard InChI is InChI=1S/C19H19N3O4/c1-13-14(2)26-19(17(13)9-20)21-18(23)12-22(10-15-5-3-7-24-15)11-16-6-4-8-25-16/h3-8H,10-12H2,1-2H3,(H,21,23). The Morgan fingerprint density at radius 2 is 1.77 bits per heavy atom. The first-order valence-electron chi connectivity index (χ1n) is 8.14. The van der Waals surface area contributed by atoms with E-state index in [0.29, 0.717) is 24.4 Å². The minimum Gasteiger partial charge on any atom is -0.468 e. The number of rotatable bonds is 7. The van der Waals surface area contributed by atoms with E-state index in [2.05, 4.69) is 11.4 Å². The summed E-state index contributed by atoms with van der Waals surface area (Å²) in [6.45, 7) is 4.52. The molecule has 3 aromatic heterocycles. The van der Waals surface area contributed by atoms with Crippen molar-refractivity contribution >= 4 is 11.8 Å². The van der Waals surface area contributed by atoms with Crippen LogP contribution in [0.2, 0.25) is 0 Å². The number of furan rings is 3. The topological polar surface area (TPSA) is 95.6 Å². The molecule has 0 atom stereocenters. The second-order valence-electron chi connectivity index (χ2n) is 5.95. The van der Waals surface area contributed by atoms with Crippen LogP contribution in [0.25, 0.3) is 0 Å². The normalized spacial score (nSPS) is 10.8. The van der Waals surface area contributed by atoms with Crippen LogP contribution in [0.1, 0.15) is 28.4 Å². The van der Waals surface area contributed by atoms with E-state index in [4.69, 9.17) is 13.3 Å². The lowest BCUT2D eigenvalue weighted by Gasteiger charge is -2.19. The number of nitrogens with zero attached hydrogens (tertiary/aromatic N) is 2. The zero-order chi connectivity index (χ0) is 18.5. The lowest BCUT2D eigenvalue weighted by Crippen LogP contribution is -2.32. The third-order valence-corrected chi connectivity index (χ3v) is 4.04. The van der Waals surface area contributed by atoms with E-state index in [0.717, 1.165) is 17.1 Å². The van der Waals surface area contributed by atoms with Crippen molar-refractivity contribution in [3.8, 4) is 6.07 Å². The highest BCUT2D eigenvalue weighted by Gasteiger charge is 2.19. The van der Waals surface area contributed by atoms with Crippen molar-refractivity contribution in [3.05, 3.63) is 65.2 Å². The van der Waals surface area contributed by atoms with Gasteiger partial charge < -0.3 is 13.3 Å². The van der Waals surface area contributed by atoms with Gasteiger partial charge in [0.1, 0.15) is 28.9 Å². The van der Waals surface area contributed by atoms with Crippen molar-refractivity contribution < 1.29 is 18.0 Å².